The highest BCUT2D eigenvalue weighted by molar-refractivity contribution is 6.27. The van der Waals surface area contributed by atoms with E-state index in [4.69, 9.17) is 16.3 Å². The van der Waals surface area contributed by atoms with E-state index in [1.165, 1.54) is 7.11 Å². The lowest BCUT2D eigenvalue weighted by molar-refractivity contribution is -0.119. The highest BCUT2D eigenvalue weighted by atomic mass is 35.5. The number of ether oxygens (including phenoxy) is 1. The van der Waals surface area contributed by atoms with Crippen LogP contribution in [0.2, 0.25) is 0 Å². The zero-order chi connectivity index (χ0) is 12.0. The Balaban J connectivity index is 2.62. The van der Waals surface area contributed by atoms with Gasteiger partial charge < -0.3 is 4.74 Å². The largest absolute Gasteiger partial charge is 0.497 e. The fourth-order valence-corrected chi connectivity index (χ4v) is 1.06. The number of amides is 2. The van der Waals surface area contributed by atoms with E-state index in [1.807, 2.05) is 0 Å². The van der Waals surface area contributed by atoms with Crippen LogP contribution in [-0.2, 0) is 4.79 Å². The van der Waals surface area contributed by atoms with Crippen LogP contribution in [0.4, 0.5) is 0 Å². The van der Waals surface area contributed by atoms with Gasteiger partial charge in [0.1, 0.15) is 11.6 Å². The number of carbonyl (C=O) groups excluding carboxylic acids is 2. The van der Waals surface area contributed by atoms with Crippen LogP contribution in [0.1, 0.15) is 10.4 Å². The summed E-state index contributed by atoms with van der Waals surface area (Å²) in [7, 11) is 1.51. The zero-order valence-electron chi connectivity index (χ0n) is 8.62. The number of hydrogen-bond acceptors (Lipinski definition) is 3. The summed E-state index contributed by atoms with van der Waals surface area (Å²) >= 11 is 5.25. The SMILES string of the molecule is COc1cccc(C(=O)NNC(=O)CCl)c1. The topological polar surface area (TPSA) is 67.4 Å². The van der Waals surface area contributed by atoms with Gasteiger partial charge in [-0.2, -0.15) is 0 Å². The van der Waals surface area contributed by atoms with Gasteiger partial charge in [-0.15, -0.1) is 11.6 Å². The van der Waals surface area contributed by atoms with Gasteiger partial charge in [0.15, 0.2) is 0 Å². The number of rotatable bonds is 3. The van der Waals surface area contributed by atoms with Crippen LogP contribution in [0.5, 0.6) is 5.75 Å². The molecule has 16 heavy (non-hydrogen) atoms. The molecule has 0 unspecified atom stereocenters. The molecule has 0 atom stereocenters. The molecule has 2 amide bonds. The lowest BCUT2D eigenvalue weighted by Gasteiger charge is -2.06. The molecule has 0 bridgehead atoms. The van der Waals surface area contributed by atoms with Crippen LogP contribution < -0.4 is 15.6 Å². The van der Waals surface area contributed by atoms with Crippen molar-refractivity contribution in [3.05, 3.63) is 29.8 Å². The molecule has 0 saturated carbocycles. The molecule has 6 heteroatoms. The summed E-state index contributed by atoms with van der Waals surface area (Å²) in [4.78, 5) is 22.3. The molecule has 1 aromatic carbocycles. The number of carbonyl (C=O) groups is 2. The molecule has 1 rings (SSSR count). The third-order valence-electron chi connectivity index (χ3n) is 1.77. The number of methoxy groups -OCH3 is 1. The summed E-state index contributed by atoms with van der Waals surface area (Å²) in [6.45, 7) is 0. The van der Waals surface area contributed by atoms with Crippen molar-refractivity contribution in [3.8, 4) is 5.75 Å². The van der Waals surface area contributed by atoms with Gasteiger partial charge in [0, 0.05) is 5.56 Å². The maximum absolute atomic E-state index is 11.5. The molecule has 0 saturated heterocycles. The minimum atomic E-state index is -0.474. The Morgan fingerprint density at radius 1 is 1.38 bits per heavy atom. The third-order valence-corrected chi connectivity index (χ3v) is 2.01. The highest BCUT2D eigenvalue weighted by Crippen LogP contribution is 2.11. The Hall–Kier alpha value is -1.75. The number of hydrazine groups is 1. The maximum Gasteiger partial charge on any atom is 0.269 e. The predicted octanol–water partition coefficient (Wildman–Crippen LogP) is 0.695. The van der Waals surface area contributed by atoms with E-state index < -0.39 is 11.8 Å². The number of hydrogen-bond donors (Lipinski definition) is 2. The zero-order valence-corrected chi connectivity index (χ0v) is 9.38. The van der Waals surface area contributed by atoms with E-state index in [2.05, 4.69) is 10.9 Å². The first-order valence-corrected chi connectivity index (χ1v) is 5.00. The number of benzene rings is 1. The fourth-order valence-electron chi connectivity index (χ4n) is 0.996. The highest BCUT2D eigenvalue weighted by Gasteiger charge is 2.07. The Morgan fingerprint density at radius 2 is 2.12 bits per heavy atom. The summed E-state index contributed by atoms with van der Waals surface area (Å²) in [5.41, 5.74) is 4.76. The molecule has 5 nitrogen and oxygen atoms in total. The molecule has 0 radical (unpaired) electrons. The standard InChI is InChI=1S/C10H11ClN2O3/c1-16-8-4-2-3-7(5-8)10(15)13-12-9(14)6-11/h2-5H,6H2,1H3,(H,12,14)(H,13,15). The average Bonchev–Trinajstić information content (AvgIpc) is 2.35. The van der Waals surface area contributed by atoms with E-state index >= 15 is 0 Å². The lowest BCUT2D eigenvalue weighted by atomic mass is 10.2. The lowest BCUT2D eigenvalue weighted by Crippen LogP contribution is -2.42. The number of nitrogens with one attached hydrogen (secondary N) is 2. The first kappa shape index (κ1) is 12.3. The normalized spacial score (nSPS) is 9.38. The summed E-state index contributed by atoms with van der Waals surface area (Å²) in [5.74, 6) is -0.551. The molecule has 0 aromatic heterocycles. The molecule has 0 spiro atoms. The second-order valence-corrected chi connectivity index (χ2v) is 3.14. The second-order valence-electron chi connectivity index (χ2n) is 2.87. The maximum atomic E-state index is 11.5. The molecule has 0 aliphatic heterocycles. The first-order chi connectivity index (χ1) is 7.67. The van der Waals surface area contributed by atoms with Gasteiger partial charge in [0.2, 0.25) is 0 Å². The van der Waals surface area contributed by atoms with E-state index in [1.54, 1.807) is 24.3 Å². The number of alkyl halides is 1. The van der Waals surface area contributed by atoms with Crippen LogP contribution in [-0.4, -0.2) is 24.8 Å². The van der Waals surface area contributed by atoms with Crippen molar-refractivity contribution >= 4 is 23.4 Å². The van der Waals surface area contributed by atoms with Crippen LogP contribution in [0.15, 0.2) is 24.3 Å². The van der Waals surface area contributed by atoms with Crippen LogP contribution in [0.3, 0.4) is 0 Å². The first-order valence-electron chi connectivity index (χ1n) is 4.46. The fraction of sp³-hybridized carbons (Fsp3) is 0.200. The molecule has 0 aliphatic rings. The van der Waals surface area contributed by atoms with Crippen LogP contribution in [0.25, 0.3) is 0 Å². The van der Waals surface area contributed by atoms with Crippen molar-refractivity contribution in [2.24, 2.45) is 0 Å². The Bertz CT molecular complexity index is 395. The van der Waals surface area contributed by atoms with Gasteiger partial charge in [-0.05, 0) is 18.2 Å². The van der Waals surface area contributed by atoms with E-state index in [0.717, 1.165) is 0 Å². The van der Waals surface area contributed by atoms with Gasteiger partial charge in [-0.1, -0.05) is 6.07 Å². The Kier molecular flexibility index (Phi) is 4.60. The van der Waals surface area contributed by atoms with Crippen molar-refractivity contribution in [1.82, 2.24) is 10.9 Å². The molecule has 2 N–H and O–H groups in total. The predicted molar refractivity (Wildman–Crippen MR) is 59.3 cm³/mol. The molecule has 0 fully saturated rings. The summed E-state index contributed by atoms with van der Waals surface area (Å²) < 4.78 is 4.96. The summed E-state index contributed by atoms with van der Waals surface area (Å²) in [6.07, 6.45) is 0. The van der Waals surface area contributed by atoms with Gasteiger partial charge in [-0.25, -0.2) is 0 Å². The summed E-state index contributed by atoms with van der Waals surface area (Å²) in [6, 6.07) is 6.55. The molecule has 86 valence electrons. The Labute approximate surface area is 97.7 Å². The van der Waals surface area contributed by atoms with Crippen molar-refractivity contribution in [1.29, 1.82) is 0 Å². The molecular weight excluding hydrogens is 232 g/mol. The van der Waals surface area contributed by atoms with Crippen molar-refractivity contribution in [2.75, 3.05) is 13.0 Å². The third kappa shape index (κ3) is 3.43. The monoisotopic (exact) mass is 242 g/mol. The minimum Gasteiger partial charge on any atom is -0.497 e. The number of halogens is 1. The van der Waals surface area contributed by atoms with Gasteiger partial charge in [-0.3, -0.25) is 20.4 Å². The van der Waals surface area contributed by atoms with Crippen LogP contribution >= 0.6 is 11.6 Å². The molecule has 0 aliphatic carbocycles. The smallest absolute Gasteiger partial charge is 0.269 e. The van der Waals surface area contributed by atoms with Gasteiger partial charge in [0.25, 0.3) is 11.8 Å². The molecule has 0 heterocycles. The van der Waals surface area contributed by atoms with Crippen LogP contribution in [0, 0.1) is 0 Å². The Morgan fingerprint density at radius 3 is 2.75 bits per heavy atom. The second kappa shape index (κ2) is 5.97. The molecule has 1 aromatic rings. The average molecular weight is 243 g/mol. The van der Waals surface area contributed by atoms with Crippen molar-refractivity contribution in [2.45, 2.75) is 0 Å². The van der Waals surface area contributed by atoms with E-state index in [0.29, 0.717) is 11.3 Å². The van der Waals surface area contributed by atoms with Gasteiger partial charge in [0.05, 0.1) is 7.11 Å². The van der Waals surface area contributed by atoms with Gasteiger partial charge >= 0.3 is 0 Å². The summed E-state index contributed by atoms with van der Waals surface area (Å²) in [5, 5.41) is 0. The quantitative estimate of drug-likeness (QED) is 0.606. The van der Waals surface area contributed by atoms with Crippen molar-refractivity contribution in [3.63, 3.8) is 0 Å². The van der Waals surface area contributed by atoms with E-state index in [-0.39, 0.29) is 5.88 Å². The van der Waals surface area contributed by atoms with Crippen molar-refractivity contribution < 1.29 is 14.3 Å². The molecular formula is C10H11ClN2O3. The van der Waals surface area contributed by atoms with E-state index in [9.17, 15) is 9.59 Å². The minimum absolute atomic E-state index is 0.210.